The summed E-state index contributed by atoms with van der Waals surface area (Å²) in [6.07, 6.45) is 2.78. The highest BCUT2D eigenvalue weighted by molar-refractivity contribution is 6.05. The van der Waals surface area contributed by atoms with Crippen molar-refractivity contribution in [2.75, 3.05) is 0 Å². The van der Waals surface area contributed by atoms with Gasteiger partial charge in [-0.2, -0.15) is 0 Å². The SMILES string of the molecule is O=C(O)CC(=O)c1cc(-c2coc3ccccc23)c[nH]1. The number of aromatic amines is 1. The van der Waals surface area contributed by atoms with Crippen LogP contribution in [0.5, 0.6) is 0 Å². The summed E-state index contributed by atoms with van der Waals surface area (Å²) in [7, 11) is 0. The maximum Gasteiger partial charge on any atom is 0.311 e. The summed E-state index contributed by atoms with van der Waals surface area (Å²) in [6, 6.07) is 9.23. The number of Topliss-reactive ketones (excluding diaryl/α,β-unsaturated/α-hetero) is 1. The second-order valence-corrected chi connectivity index (χ2v) is 4.44. The van der Waals surface area contributed by atoms with Gasteiger partial charge in [-0.1, -0.05) is 18.2 Å². The molecule has 2 aromatic heterocycles. The third kappa shape index (κ3) is 2.09. The normalized spacial score (nSPS) is 10.8. The number of hydrogen-bond donors (Lipinski definition) is 2. The summed E-state index contributed by atoms with van der Waals surface area (Å²) >= 11 is 0. The minimum atomic E-state index is -1.14. The zero-order valence-electron chi connectivity index (χ0n) is 10.4. The monoisotopic (exact) mass is 269 g/mol. The molecule has 1 aromatic carbocycles. The van der Waals surface area contributed by atoms with Crippen molar-refractivity contribution in [3.63, 3.8) is 0 Å². The number of fused-ring (bicyclic) bond motifs is 1. The van der Waals surface area contributed by atoms with Gasteiger partial charge >= 0.3 is 5.97 Å². The Hall–Kier alpha value is -2.82. The molecule has 0 fully saturated rings. The summed E-state index contributed by atoms with van der Waals surface area (Å²) in [5.41, 5.74) is 2.71. The molecule has 0 amide bonds. The number of carboxylic acid groups (broad SMARTS) is 1. The Kier molecular flexibility index (Phi) is 2.87. The number of aromatic nitrogens is 1. The van der Waals surface area contributed by atoms with Crippen molar-refractivity contribution < 1.29 is 19.1 Å². The van der Waals surface area contributed by atoms with Crippen molar-refractivity contribution in [1.29, 1.82) is 0 Å². The molecule has 0 saturated carbocycles. The number of rotatable bonds is 4. The van der Waals surface area contributed by atoms with Crippen molar-refractivity contribution in [2.45, 2.75) is 6.42 Å². The maximum atomic E-state index is 11.7. The molecule has 0 aliphatic carbocycles. The molecule has 0 unspecified atom stereocenters. The number of furan rings is 1. The van der Waals surface area contributed by atoms with Gasteiger partial charge < -0.3 is 14.5 Å². The van der Waals surface area contributed by atoms with Crippen LogP contribution in [-0.4, -0.2) is 21.8 Å². The zero-order valence-corrected chi connectivity index (χ0v) is 10.4. The fourth-order valence-corrected chi connectivity index (χ4v) is 2.14. The zero-order chi connectivity index (χ0) is 14.1. The number of benzene rings is 1. The molecule has 0 aliphatic rings. The smallest absolute Gasteiger partial charge is 0.311 e. The Morgan fingerprint density at radius 1 is 1.25 bits per heavy atom. The van der Waals surface area contributed by atoms with Crippen LogP contribution in [0.3, 0.4) is 0 Å². The van der Waals surface area contributed by atoms with Crippen LogP contribution in [0.4, 0.5) is 0 Å². The predicted molar refractivity (Wildman–Crippen MR) is 72.6 cm³/mol. The molecule has 3 rings (SSSR count). The molecule has 5 heteroatoms. The lowest BCUT2D eigenvalue weighted by Gasteiger charge is -1.93. The van der Waals surface area contributed by atoms with Crippen LogP contribution in [-0.2, 0) is 4.79 Å². The molecule has 0 atom stereocenters. The molecule has 2 N–H and O–H groups in total. The van der Waals surface area contributed by atoms with Crippen molar-refractivity contribution in [2.24, 2.45) is 0 Å². The van der Waals surface area contributed by atoms with E-state index in [0.29, 0.717) is 0 Å². The van der Waals surface area contributed by atoms with Gasteiger partial charge in [-0.05, 0) is 12.1 Å². The molecule has 0 aliphatic heterocycles. The largest absolute Gasteiger partial charge is 0.481 e. The number of carbonyl (C=O) groups is 2. The van der Waals surface area contributed by atoms with Gasteiger partial charge in [-0.15, -0.1) is 0 Å². The van der Waals surface area contributed by atoms with Crippen LogP contribution >= 0.6 is 0 Å². The van der Waals surface area contributed by atoms with Gasteiger partial charge in [-0.3, -0.25) is 9.59 Å². The number of hydrogen-bond acceptors (Lipinski definition) is 3. The van der Waals surface area contributed by atoms with Gasteiger partial charge in [-0.25, -0.2) is 0 Å². The van der Waals surface area contributed by atoms with Crippen molar-refractivity contribution in [3.05, 3.63) is 48.5 Å². The van der Waals surface area contributed by atoms with Crippen LogP contribution in [0.2, 0.25) is 0 Å². The van der Waals surface area contributed by atoms with Gasteiger partial charge in [0.1, 0.15) is 12.0 Å². The minimum absolute atomic E-state index is 0.285. The van der Waals surface area contributed by atoms with E-state index in [4.69, 9.17) is 9.52 Å². The van der Waals surface area contributed by atoms with Crippen LogP contribution in [0.25, 0.3) is 22.1 Å². The highest BCUT2D eigenvalue weighted by Gasteiger charge is 2.15. The van der Waals surface area contributed by atoms with Crippen LogP contribution in [0.1, 0.15) is 16.9 Å². The lowest BCUT2D eigenvalue weighted by molar-refractivity contribution is -0.135. The summed E-state index contributed by atoms with van der Waals surface area (Å²) in [5.74, 6) is -1.59. The topological polar surface area (TPSA) is 83.3 Å². The van der Waals surface area contributed by atoms with E-state index in [1.165, 1.54) is 0 Å². The van der Waals surface area contributed by atoms with Crippen molar-refractivity contribution >= 4 is 22.7 Å². The first-order chi connectivity index (χ1) is 9.65. The van der Waals surface area contributed by atoms with E-state index in [1.807, 2.05) is 24.3 Å². The highest BCUT2D eigenvalue weighted by Crippen LogP contribution is 2.30. The number of H-pyrrole nitrogens is 1. The Bertz CT molecular complexity index is 797. The second kappa shape index (κ2) is 4.70. The van der Waals surface area contributed by atoms with Gasteiger partial charge in [0.15, 0.2) is 5.78 Å². The fourth-order valence-electron chi connectivity index (χ4n) is 2.14. The number of ketones is 1. The van der Waals surface area contributed by atoms with E-state index in [2.05, 4.69) is 4.98 Å². The van der Waals surface area contributed by atoms with Crippen LogP contribution in [0.15, 0.2) is 47.2 Å². The van der Waals surface area contributed by atoms with Crippen molar-refractivity contribution in [1.82, 2.24) is 4.98 Å². The third-order valence-corrected chi connectivity index (χ3v) is 3.09. The van der Waals surface area contributed by atoms with E-state index in [9.17, 15) is 9.59 Å². The lowest BCUT2D eigenvalue weighted by atomic mass is 10.1. The minimum Gasteiger partial charge on any atom is -0.481 e. The quantitative estimate of drug-likeness (QED) is 0.563. The Balaban J connectivity index is 1.98. The fraction of sp³-hybridized carbons (Fsp3) is 0.0667. The van der Waals surface area contributed by atoms with Gasteiger partial charge in [0.05, 0.1) is 12.0 Å². The van der Waals surface area contributed by atoms with Gasteiger partial charge in [0.25, 0.3) is 0 Å². The Labute approximate surface area is 113 Å². The first-order valence-corrected chi connectivity index (χ1v) is 6.05. The molecule has 0 saturated heterocycles. The number of para-hydroxylation sites is 1. The number of carbonyl (C=O) groups excluding carboxylic acids is 1. The van der Waals surface area contributed by atoms with Gasteiger partial charge in [0, 0.05) is 22.7 Å². The lowest BCUT2D eigenvalue weighted by Crippen LogP contribution is -2.06. The summed E-state index contributed by atoms with van der Waals surface area (Å²) in [5, 5.41) is 9.58. The molecule has 100 valence electrons. The molecule has 0 spiro atoms. The van der Waals surface area contributed by atoms with E-state index in [-0.39, 0.29) is 5.69 Å². The van der Waals surface area contributed by atoms with Crippen molar-refractivity contribution in [3.8, 4) is 11.1 Å². The van der Waals surface area contributed by atoms with E-state index in [1.54, 1.807) is 18.5 Å². The summed E-state index contributed by atoms with van der Waals surface area (Å²) < 4.78 is 5.44. The summed E-state index contributed by atoms with van der Waals surface area (Å²) in [4.78, 5) is 25.0. The van der Waals surface area contributed by atoms with E-state index >= 15 is 0 Å². The number of aliphatic carboxylic acids is 1. The summed E-state index contributed by atoms with van der Waals surface area (Å²) in [6.45, 7) is 0. The molecule has 3 aromatic rings. The van der Waals surface area contributed by atoms with E-state index < -0.39 is 18.2 Å². The Morgan fingerprint density at radius 3 is 2.85 bits per heavy atom. The average Bonchev–Trinajstić information content (AvgIpc) is 3.04. The molecular weight excluding hydrogens is 258 g/mol. The van der Waals surface area contributed by atoms with Gasteiger partial charge in [0.2, 0.25) is 0 Å². The molecule has 20 heavy (non-hydrogen) atoms. The maximum absolute atomic E-state index is 11.7. The molecule has 0 bridgehead atoms. The molecular formula is C15H11NO4. The first-order valence-electron chi connectivity index (χ1n) is 6.05. The highest BCUT2D eigenvalue weighted by atomic mass is 16.4. The molecule has 5 nitrogen and oxygen atoms in total. The standard InChI is InChI=1S/C15H11NO4/c17-13(6-15(18)19)12-5-9(7-16-12)11-8-20-14-4-2-1-3-10(11)14/h1-5,7-8,16H,6H2,(H,18,19). The molecule has 0 radical (unpaired) electrons. The van der Waals surface area contributed by atoms with Crippen LogP contribution in [0, 0.1) is 0 Å². The number of carboxylic acids is 1. The third-order valence-electron chi connectivity index (χ3n) is 3.09. The Morgan fingerprint density at radius 2 is 2.05 bits per heavy atom. The first kappa shape index (κ1) is 12.2. The average molecular weight is 269 g/mol. The second-order valence-electron chi connectivity index (χ2n) is 4.44. The van der Waals surface area contributed by atoms with E-state index in [0.717, 1.165) is 22.1 Å². The molecule has 2 heterocycles. The van der Waals surface area contributed by atoms with Crippen LogP contribution < -0.4 is 0 Å². The predicted octanol–water partition coefficient (Wildman–Crippen LogP) is 3.09. The number of nitrogens with one attached hydrogen (secondary N) is 1.